The Morgan fingerprint density at radius 1 is 0.477 bits per heavy atom. The minimum Gasteiger partial charge on any atom is -0.436 e. The Morgan fingerprint density at radius 3 is 1.91 bits per heavy atom. The zero-order valence-corrected chi connectivity index (χ0v) is 24.1. The van der Waals surface area contributed by atoms with Crippen LogP contribution in [0.1, 0.15) is 0 Å². The van der Waals surface area contributed by atoms with Crippen molar-refractivity contribution < 1.29 is 4.42 Å². The Hall–Kier alpha value is -5.72. The van der Waals surface area contributed by atoms with Crippen molar-refractivity contribution in [1.29, 1.82) is 0 Å². The highest BCUT2D eigenvalue weighted by Gasteiger charge is 2.19. The average Bonchev–Trinajstić information content (AvgIpc) is 3.68. The van der Waals surface area contributed by atoms with Gasteiger partial charge < -0.3 is 4.42 Å². The zero-order chi connectivity index (χ0) is 29.0. The third-order valence-corrected chi connectivity index (χ3v) is 9.06. The lowest BCUT2D eigenvalue weighted by molar-refractivity contribution is 0.620. The maximum Gasteiger partial charge on any atom is 0.227 e. The summed E-state index contributed by atoms with van der Waals surface area (Å²) in [6, 6.07) is 45.3. The molecule has 0 aliphatic carbocycles. The van der Waals surface area contributed by atoms with E-state index in [0.29, 0.717) is 23.4 Å². The van der Waals surface area contributed by atoms with Crippen LogP contribution in [0, 0.1) is 0 Å². The van der Waals surface area contributed by atoms with E-state index in [-0.39, 0.29) is 0 Å². The van der Waals surface area contributed by atoms with Crippen LogP contribution in [-0.2, 0) is 0 Å². The highest BCUT2D eigenvalue weighted by molar-refractivity contribution is 7.26. The van der Waals surface area contributed by atoms with Crippen LogP contribution in [0.3, 0.4) is 0 Å². The Labute approximate surface area is 256 Å². The van der Waals surface area contributed by atoms with Gasteiger partial charge in [0.1, 0.15) is 5.52 Å². The van der Waals surface area contributed by atoms with E-state index in [2.05, 4.69) is 66.7 Å². The van der Waals surface area contributed by atoms with Gasteiger partial charge in [-0.15, -0.1) is 11.3 Å². The Kier molecular flexibility index (Phi) is 5.61. The van der Waals surface area contributed by atoms with Crippen molar-refractivity contribution in [3.63, 3.8) is 0 Å². The van der Waals surface area contributed by atoms with Crippen molar-refractivity contribution in [2.45, 2.75) is 0 Å². The molecule has 0 aliphatic rings. The number of thiophene rings is 1. The number of nitrogens with zero attached hydrogens (tertiary/aromatic N) is 4. The summed E-state index contributed by atoms with van der Waals surface area (Å²) >= 11 is 1.74. The van der Waals surface area contributed by atoms with Gasteiger partial charge >= 0.3 is 0 Å². The molecule has 9 aromatic rings. The molecule has 0 saturated heterocycles. The first kappa shape index (κ1) is 24.8. The van der Waals surface area contributed by atoms with E-state index < -0.39 is 0 Å². The summed E-state index contributed by atoms with van der Waals surface area (Å²) in [6.45, 7) is 0. The van der Waals surface area contributed by atoms with E-state index in [0.717, 1.165) is 58.9 Å². The topological polar surface area (TPSA) is 64.7 Å². The lowest BCUT2D eigenvalue weighted by atomic mass is 10.0. The SMILES string of the molecule is c1ccc(-c2nc(-c3ccccc3)nc(-c3cccc4sc5cc6nc(-c7ccc8ccccc8c7)oc6cc5c34)n2)cc1. The van der Waals surface area contributed by atoms with Crippen LogP contribution in [0.15, 0.2) is 138 Å². The first-order chi connectivity index (χ1) is 21.8. The molecule has 0 amide bonds. The van der Waals surface area contributed by atoms with E-state index in [1.54, 1.807) is 11.3 Å². The molecule has 9 rings (SSSR count). The molecule has 5 nitrogen and oxygen atoms in total. The highest BCUT2D eigenvalue weighted by atomic mass is 32.1. The van der Waals surface area contributed by atoms with Crippen LogP contribution in [0.5, 0.6) is 0 Å². The normalized spacial score (nSPS) is 11.6. The van der Waals surface area contributed by atoms with Crippen LogP contribution >= 0.6 is 11.3 Å². The molecule has 44 heavy (non-hydrogen) atoms. The van der Waals surface area contributed by atoms with Gasteiger partial charge in [-0.3, -0.25) is 0 Å². The van der Waals surface area contributed by atoms with Gasteiger partial charge in [-0.2, -0.15) is 0 Å². The molecule has 3 heterocycles. The number of hydrogen-bond acceptors (Lipinski definition) is 6. The van der Waals surface area contributed by atoms with Crippen LogP contribution in [0.4, 0.5) is 0 Å². The van der Waals surface area contributed by atoms with E-state index >= 15 is 0 Å². The van der Waals surface area contributed by atoms with Gasteiger partial charge in [-0.25, -0.2) is 19.9 Å². The predicted molar refractivity (Wildman–Crippen MR) is 180 cm³/mol. The van der Waals surface area contributed by atoms with Crippen LogP contribution in [0.2, 0.25) is 0 Å². The fraction of sp³-hybridized carbons (Fsp3) is 0. The summed E-state index contributed by atoms with van der Waals surface area (Å²) in [5.41, 5.74) is 5.40. The fourth-order valence-corrected chi connectivity index (χ4v) is 6.96. The number of benzene rings is 6. The molecule has 0 atom stereocenters. The molecule has 6 aromatic carbocycles. The third-order valence-electron chi connectivity index (χ3n) is 7.94. The summed E-state index contributed by atoms with van der Waals surface area (Å²) < 4.78 is 8.67. The average molecular weight is 583 g/mol. The first-order valence-electron chi connectivity index (χ1n) is 14.4. The predicted octanol–water partition coefficient (Wildman–Crippen LogP) is 10.2. The Morgan fingerprint density at radius 2 is 1.16 bits per heavy atom. The molecule has 3 aromatic heterocycles. The zero-order valence-electron chi connectivity index (χ0n) is 23.3. The standard InChI is InChI=1S/C38H22N4OS/c1-3-11-24(12-4-1)35-40-36(25-13-5-2-6-14-25)42-37(41-35)28-16-9-17-32-34(28)29-21-31-30(22-33(29)44-32)39-38(43-31)27-19-18-23-10-7-8-15-26(23)20-27/h1-22H. The summed E-state index contributed by atoms with van der Waals surface area (Å²) in [4.78, 5) is 19.8. The van der Waals surface area contributed by atoms with E-state index in [1.807, 2.05) is 66.7 Å². The Bertz CT molecular complexity index is 2440. The lowest BCUT2D eigenvalue weighted by Gasteiger charge is -2.09. The molecule has 0 unspecified atom stereocenters. The highest BCUT2D eigenvalue weighted by Crippen LogP contribution is 2.42. The number of oxazole rings is 1. The quantitative estimate of drug-likeness (QED) is 0.207. The van der Waals surface area contributed by atoms with E-state index in [1.165, 1.54) is 5.39 Å². The second-order valence-electron chi connectivity index (χ2n) is 10.7. The van der Waals surface area contributed by atoms with Gasteiger partial charge in [0.15, 0.2) is 23.1 Å². The molecule has 0 bridgehead atoms. The lowest BCUT2D eigenvalue weighted by Crippen LogP contribution is -2.00. The summed E-state index contributed by atoms with van der Waals surface area (Å²) in [5.74, 6) is 2.54. The molecule has 0 radical (unpaired) electrons. The van der Waals surface area contributed by atoms with Gasteiger partial charge in [0.2, 0.25) is 5.89 Å². The second kappa shape index (κ2) is 9.93. The molecule has 0 fully saturated rings. The molecule has 0 aliphatic heterocycles. The minimum absolute atomic E-state index is 0.616. The van der Waals surface area contributed by atoms with Gasteiger partial charge in [0.25, 0.3) is 0 Å². The summed E-state index contributed by atoms with van der Waals surface area (Å²) in [7, 11) is 0. The molecule has 0 N–H and O–H groups in total. The smallest absolute Gasteiger partial charge is 0.227 e. The van der Waals surface area contributed by atoms with Gasteiger partial charge in [-0.1, -0.05) is 103 Å². The second-order valence-corrected chi connectivity index (χ2v) is 11.8. The number of aromatic nitrogens is 4. The number of fused-ring (bicyclic) bond motifs is 5. The molecular weight excluding hydrogens is 561 g/mol. The van der Waals surface area contributed by atoms with Crippen LogP contribution in [-0.4, -0.2) is 19.9 Å². The largest absolute Gasteiger partial charge is 0.436 e. The number of hydrogen-bond donors (Lipinski definition) is 0. The fourth-order valence-electron chi connectivity index (χ4n) is 5.81. The van der Waals surface area contributed by atoms with Crippen molar-refractivity contribution >= 4 is 53.4 Å². The van der Waals surface area contributed by atoms with Crippen LogP contribution in [0.25, 0.3) is 87.7 Å². The molecule has 0 saturated carbocycles. The van der Waals surface area contributed by atoms with Gasteiger partial charge in [-0.05, 0) is 41.1 Å². The van der Waals surface area contributed by atoms with Crippen LogP contribution < -0.4 is 0 Å². The summed E-state index contributed by atoms with van der Waals surface area (Å²) in [5, 5.41) is 4.54. The van der Waals surface area contributed by atoms with E-state index in [4.69, 9.17) is 24.4 Å². The minimum atomic E-state index is 0.616. The van der Waals surface area contributed by atoms with Crippen molar-refractivity contribution in [2.75, 3.05) is 0 Å². The third kappa shape index (κ3) is 4.15. The maximum atomic E-state index is 6.38. The van der Waals surface area contributed by atoms with Crippen molar-refractivity contribution in [3.05, 3.63) is 133 Å². The molecule has 6 heteroatoms. The number of rotatable bonds is 4. The van der Waals surface area contributed by atoms with Crippen molar-refractivity contribution in [3.8, 4) is 45.6 Å². The monoisotopic (exact) mass is 582 g/mol. The summed E-state index contributed by atoms with van der Waals surface area (Å²) in [6.07, 6.45) is 0. The van der Waals surface area contributed by atoms with Crippen molar-refractivity contribution in [1.82, 2.24) is 19.9 Å². The maximum absolute atomic E-state index is 6.38. The van der Waals surface area contributed by atoms with Gasteiger partial charge in [0.05, 0.1) is 0 Å². The first-order valence-corrected chi connectivity index (χ1v) is 15.2. The van der Waals surface area contributed by atoms with Crippen molar-refractivity contribution in [2.24, 2.45) is 0 Å². The Balaban J connectivity index is 1.24. The molecule has 206 valence electrons. The van der Waals surface area contributed by atoms with Gasteiger partial charge in [0, 0.05) is 42.4 Å². The molecular formula is C38H22N4OS. The molecule has 0 spiro atoms. The van der Waals surface area contributed by atoms with E-state index in [9.17, 15) is 0 Å².